The molecule has 4 aromatic rings. The molecule has 1 aliphatic rings. The van der Waals surface area contributed by atoms with E-state index in [1.807, 2.05) is 66.7 Å². The predicted molar refractivity (Wildman–Crippen MR) is 114 cm³/mol. The van der Waals surface area contributed by atoms with Gasteiger partial charge in [-0.2, -0.15) is 0 Å². The lowest BCUT2D eigenvalue weighted by Crippen LogP contribution is -2.31. The molecule has 0 spiro atoms. The first-order valence-electron chi connectivity index (χ1n) is 9.42. The van der Waals surface area contributed by atoms with Crippen molar-refractivity contribution in [2.75, 3.05) is 6.73 Å². The third-order valence-electron chi connectivity index (χ3n) is 5.16. The Labute approximate surface area is 172 Å². The Morgan fingerprint density at radius 3 is 2.55 bits per heavy atom. The number of ether oxygens (including phenoxy) is 1. The lowest BCUT2D eigenvalue weighted by atomic mass is 9.99. The molecule has 5 rings (SSSR count). The summed E-state index contributed by atoms with van der Waals surface area (Å²) in [6, 6.07) is 23.2. The number of fused-ring (bicyclic) bond motifs is 3. The lowest BCUT2D eigenvalue weighted by molar-refractivity contribution is 0.0890. The summed E-state index contributed by atoms with van der Waals surface area (Å²) in [5.41, 5.74) is 4.13. The average molecular weight is 404 g/mol. The van der Waals surface area contributed by atoms with Crippen molar-refractivity contribution < 1.29 is 9.15 Å². The maximum Gasteiger partial charge on any atom is 0.336 e. The number of hydrogen-bond acceptors (Lipinski definition) is 4. The molecule has 1 aromatic heterocycles. The standard InChI is InChI=1S/C24H18ClNO3/c25-18-8-6-16(7-9-18)13-26-14-21-22(28-15-26)11-10-19-20(12-23(27)29-24(19)21)17-4-2-1-3-5-17/h1-12H,13-15H2. The van der Waals surface area contributed by atoms with Gasteiger partial charge in [-0.1, -0.05) is 54.1 Å². The Hall–Kier alpha value is -3.08. The van der Waals surface area contributed by atoms with E-state index in [2.05, 4.69) is 4.90 Å². The first kappa shape index (κ1) is 18.0. The highest BCUT2D eigenvalue weighted by atomic mass is 35.5. The van der Waals surface area contributed by atoms with Crippen LogP contribution >= 0.6 is 11.6 Å². The van der Waals surface area contributed by atoms with Gasteiger partial charge in [-0.25, -0.2) is 4.79 Å². The van der Waals surface area contributed by atoms with Crippen LogP contribution in [0.15, 0.2) is 82.0 Å². The van der Waals surface area contributed by atoms with Gasteiger partial charge in [-0.05, 0) is 41.0 Å². The van der Waals surface area contributed by atoms with Crippen molar-refractivity contribution in [3.8, 4) is 16.9 Å². The normalized spacial score (nSPS) is 13.8. The molecule has 0 atom stereocenters. The molecular formula is C24H18ClNO3. The molecule has 1 aliphatic heterocycles. The molecule has 0 aliphatic carbocycles. The molecule has 2 heterocycles. The van der Waals surface area contributed by atoms with Crippen molar-refractivity contribution in [2.24, 2.45) is 0 Å². The van der Waals surface area contributed by atoms with Gasteiger partial charge in [-0.3, -0.25) is 4.90 Å². The van der Waals surface area contributed by atoms with Crippen molar-refractivity contribution in [2.45, 2.75) is 13.1 Å². The predicted octanol–water partition coefficient (Wildman–Crippen LogP) is 5.47. The molecule has 0 fully saturated rings. The molecule has 0 saturated carbocycles. The van der Waals surface area contributed by atoms with E-state index in [4.69, 9.17) is 20.8 Å². The van der Waals surface area contributed by atoms with Crippen LogP contribution in [0.25, 0.3) is 22.1 Å². The summed E-state index contributed by atoms with van der Waals surface area (Å²) < 4.78 is 11.6. The van der Waals surface area contributed by atoms with Crippen molar-refractivity contribution in [3.05, 3.63) is 99.4 Å². The van der Waals surface area contributed by atoms with Crippen molar-refractivity contribution >= 4 is 22.6 Å². The molecule has 4 nitrogen and oxygen atoms in total. The molecule has 3 aromatic carbocycles. The number of hydrogen-bond donors (Lipinski definition) is 0. The summed E-state index contributed by atoms with van der Waals surface area (Å²) in [4.78, 5) is 14.5. The third-order valence-corrected chi connectivity index (χ3v) is 5.41. The zero-order valence-electron chi connectivity index (χ0n) is 15.6. The Balaban J connectivity index is 1.56. The summed E-state index contributed by atoms with van der Waals surface area (Å²) >= 11 is 5.99. The smallest absolute Gasteiger partial charge is 0.336 e. The summed E-state index contributed by atoms with van der Waals surface area (Å²) in [6.07, 6.45) is 0. The quantitative estimate of drug-likeness (QED) is 0.426. The highest BCUT2D eigenvalue weighted by molar-refractivity contribution is 6.30. The van der Waals surface area contributed by atoms with Crippen molar-refractivity contribution in [1.82, 2.24) is 4.90 Å². The van der Waals surface area contributed by atoms with Crippen LogP contribution in [-0.4, -0.2) is 11.6 Å². The molecular weight excluding hydrogens is 386 g/mol. The highest BCUT2D eigenvalue weighted by Crippen LogP contribution is 2.36. The van der Waals surface area contributed by atoms with Gasteiger partial charge in [0.25, 0.3) is 0 Å². The monoisotopic (exact) mass is 403 g/mol. The van der Waals surface area contributed by atoms with Gasteiger partial charge in [0.15, 0.2) is 0 Å². The van der Waals surface area contributed by atoms with Gasteiger partial charge in [0.1, 0.15) is 18.1 Å². The van der Waals surface area contributed by atoms with Crippen LogP contribution in [0.3, 0.4) is 0 Å². The minimum absolute atomic E-state index is 0.362. The number of rotatable bonds is 3. The molecule has 144 valence electrons. The molecule has 0 N–H and O–H groups in total. The maximum absolute atomic E-state index is 12.3. The number of nitrogens with zero attached hydrogens (tertiary/aromatic N) is 1. The molecule has 0 saturated heterocycles. The SMILES string of the molecule is O=c1cc(-c2ccccc2)c2ccc3c(c2o1)CN(Cc1ccc(Cl)cc1)CO3. The van der Waals surface area contributed by atoms with Gasteiger partial charge in [-0.15, -0.1) is 0 Å². The molecule has 0 radical (unpaired) electrons. The lowest BCUT2D eigenvalue weighted by Gasteiger charge is -2.29. The van der Waals surface area contributed by atoms with Gasteiger partial charge >= 0.3 is 5.63 Å². The van der Waals surface area contributed by atoms with E-state index >= 15 is 0 Å². The van der Waals surface area contributed by atoms with E-state index < -0.39 is 0 Å². The zero-order valence-corrected chi connectivity index (χ0v) is 16.4. The van der Waals surface area contributed by atoms with E-state index in [0.717, 1.165) is 45.0 Å². The fraction of sp³-hybridized carbons (Fsp3) is 0.125. The Bertz CT molecular complexity index is 1230. The highest BCUT2D eigenvalue weighted by Gasteiger charge is 2.23. The van der Waals surface area contributed by atoms with Crippen LogP contribution in [0.2, 0.25) is 5.02 Å². The Kier molecular flexibility index (Phi) is 4.58. The van der Waals surface area contributed by atoms with Gasteiger partial charge in [0.05, 0.1) is 5.56 Å². The van der Waals surface area contributed by atoms with Gasteiger partial charge < -0.3 is 9.15 Å². The van der Waals surface area contributed by atoms with E-state index in [1.165, 1.54) is 0 Å². The van der Waals surface area contributed by atoms with E-state index in [-0.39, 0.29) is 5.63 Å². The first-order chi connectivity index (χ1) is 14.2. The zero-order chi connectivity index (χ0) is 19.8. The summed E-state index contributed by atoms with van der Waals surface area (Å²) in [5, 5.41) is 1.63. The second-order valence-electron chi connectivity index (χ2n) is 7.15. The molecule has 29 heavy (non-hydrogen) atoms. The van der Waals surface area contributed by atoms with Gasteiger partial charge in [0, 0.05) is 29.6 Å². The van der Waals surface area contributed by atoms with Crippen LogP contribution in [0.5, 0.6) is 5.75 Å². The second-order valence-corrected chi connectivity index (χ2v) is 7.59. The second kappa shape index (κ2) is 7.39. The minimum atomic E-state index is -0.362. The number of halogens is 1. The average Bonchev–Trinajstić information content (AvgIpc) is 2.75. The van der Waals surface area contributed by atoms with Crippen molar-refractivity contribution in [1.29, 1.82) is 0 Å². The number of benzene rings is 3. The van der Waals surface area contributed by atoms with E-state index in [9.17, 15) is 4.79 Å². The van der Waals surface area contributed by atoms with E-state index in [0.29, 0.717) is 18.9 Å². The molecule has 0 amide bonds. The van der Waals surface area contributed by atoms with Crippen LogP contribution in [0, 0.1) is 0 Å². The fourth-order valence-corrected chi connectivity index (χ4v) is 3.91. The van der Waals surface area contributed by atoms with Crippen LogP contribution in [0.4, 0.5) is 0 Å². The fourth-order valence-electron chi connectivity index (χ4n) is 3.79. The first-order valence-corrected chi connectivity index (χ1v) is 9.80. The summed E-state index contributed by atoms with van der Waals surface area (Å²) in [7, 11) is 0. The topological polar surface area (TPSA) is 42.7 Å². The van der Waals surface area contributed by atoms with Gasteiger partial charge in [0.2, 0.25) is 0 Å². The molecule has 5 heteroatoms. The summed E-state index contributed by atoms with van der Waals surface area (Å²) in [6.45, 7) is 1.83. The van der Waals surface area contributed by atoms with Crippen LogP contribution in [0.1, 0.15) is 11.1 Å². The van der Waals surface area contributed by atoms with Crippen LogP contribution in [-0.2, 0) is 13.1 Å². The third kappa shape index (κ3) is 3.53. The Morgan fingerprint density at radius 1 is 0.966 bits per heavy atom. The maximum atomic E-state index is 12.3. The Morgan fingerprint density at radius 2 is 1.76 bits per heavy atom. The van der Waals surface area contributed by atoms with Crippen molar-refractivity contribution in [3.63, 3.8) is 0 Å². The molecule has 0 bridgehead atoms. The summed E-state index contributed by atoms with van der Waals surface area (Å²) in [5.74, 6) is 0.762. The van der Waals surface area contributed by atoms with E-state index in [1.54, 1.807) is 6.07 Å². The largest absolute Gasteiger partial charge is 0.478 e. The minimum Gasteiger partial charge on any atom is -0.478 e. The van der Waals surface area contributed by atoms with Crippen LogP contribution < -0.4 is 10.4 Å². The molecule has 0 unspecified atom stereocenters.